The maximum absolute atomic E-state index is 13.8. The molecule has 2 aliphatic rings. The Hall–Kier alpha value is -1.42. The van der Waals surface area contributed by atoms with E-state index in [1.807, 2.05) is 0 Å². The first-order chi connectivity index (χ1) is 8.51. The smallest absolute Gasteiger partial charge is 0.257 e. The van der Waals surface area contributed by atoms with E-state index >= 15 is 0 Å². The molecular formula is C14H16FNO2. The number of likely N-dealkylation sites (tertiary alicyclic amines) is 1. The van der Waals surface area contributed by atoms with Gasteiger partial charge < -0.3 is 10.0 Å². The molecule has 18 heavy (non-hydrogen) atoms. The number of nitrogens with zero attached hydrogens (tertiary/aromatic N) is 1. The summed E-state index contributed by atoms with van der Waals surface area (Å²) in [5, 5.41) is 10.2. The number of aliphatic hydroxyl groups is 1. The van der Waals surface area contributed by atoms with E-state index in [2.05, 4.69) is 0 Å². The predicted octanol–water partition coefficient (Wildman–Crippen LogP) is 1.73. The standard InChI is InChI=1S/C14H16FNO2/c1-9-3-2-4-11(12(9)15)13(17)16-7-14(18,8-16)10-5-6-10/h2-4,10,18H,5-8H2,1H3. The van der Waals surface area contributed by atoms with Crippen molar-refractivity contribution < 1.29 is 14.3 Å². The number of hydrogen-bond donors (Lipinski definition) is 1. The Bertz CT molecular complexity index is 505. The fourth-order valence-corrected chi connectivity index (χ4v) is 2.62. The number of benzene rings is 1. The van der Waals surface area contributed by atoms with Gasteiger partial charge in [-0.1, -0.05) is 12.1 Å². The Morgan fingerprint density at radius 1 is 1.44 bits per heavy atom. The molecule has 1 amide bonds. The minimum Gasteiger partial charge on any atom is -0.386 e. The van der Waals surface area contributed by atoms with Crippen molar-refractivity contribution in [1.82, 2.24) is 4.90 Å². The molecular weight excluding hydrogens is 233 g/mol. The molecule has 0 bridgehead atoms. The lowest BCUT2D eigenvalue weighted by Gasteiger charge is -2.47. The monoisotopic (exact) mass is 249 g/mol. The average Bonchev–Trinajstić information content (AvgIpc) is 3.12. The van der Waals surface area contributed by atoms with Crippen LogP contribution in [-0.4, -0.2) is 34.6 Å². The van der Waals surface area contributed by atoms with E-state index in [0.29, 0.717) is 24.6 Å². The molecule has 0 aromatic heterocycles. The highest BCUT2D eigenvalue weighted by Gasteiger charge is 2.53. The van der Waals surface area contributed by atoms with E-state index < -0.39 is 11.4 Å². The molecule has 1 saturated carbocycles. The van der Waals surface area contributed by atoms with E-state index in [0.717, 1.165) is 12.8 Å². The van der Waals surface area contributed by atoms with Crippen LogP contribution in [0.3, 0.4) is 0 Å². The summed E-state index contributed by atoms with van der Waals surface area (Å²) in [4.78, 5) is 13.6. The summed E-state index contributed by atoms with van der Waals surface area (Å²) in [5.41, 5.74) is -0.137. The van der Waals surface area contributed by atoms with Crippen molar-refractivity contribution in [2.45, 2.75) is 25.4 Å². The summed E-state index contributed by atoms with van der Waals surface area (Å²) in [6, 6.07) is 4.82. The molecule has 1 heterocycles. The highest BCUT2D eigenvalue weighted by molar-refractivity contribution is 5.95. The van der Waals surface area contributed by atoms with Crippen molar-refractivity contribution in [3.8, 4) is 0 Å². The second-order valence-electron chi connectivity index (χ2n) is 5.48. The number of rotatable bonds is 2. The molecule has 3 nitrogen and oxygen atoms in total. The number of β-amino-alcohol motifs (C(OH)–C–C–N with tert-alkyl or cyclic N) is 1. The molecule has 1 aromatic rings. The van der Waals surface area contributed by atoms with Crippen molar-refractivity contribution in [2.75, 3.05) is 13.1 Å². The van der Waals surface area contributed by atoms with E-state index in [9.17, 15) is 14.3 Å². The van der Waals surface area contributed by atoms with Crippen LogP contribution in [0.25, 0.3) is 0 Å². The molecule has 0 unspecified atom stereocenters. The van der Waals surface area contributed by atoms with Crippen LogP contribution in [0, 0.1) is 18.7 Å². The SMILES string of the molecule is Cc1cccc(C(=O)N2CC(O)(C3CC3)C2)c1F. The Balaban J connectivity index is 1.74. The third kappa shape index (κ3) is 1.72. The summed E-state index contributed by atoms with van der Waals surface area (Å²) >= 11 is 0. The third-order valence-corrected chi connectivity index (χ3v) is 3.98. The van der Waals surface area contributed by atoms with Gasteiger partial charge in [0.1, 0.15) is 11.4 Å². The molecule has 0 atom stereocenters. The quantitative estimate of drug-likeness (QED) is 0.867. The Morgan fingerprint density at radius 2 is 2.11 bits per heavy atom. The number of amides is 1. The zero-order valence-electron chi connectivity index (χ0n) is 10.3. The second kappa shape index (κ2) is 3.79. The van der Waals surface area contributed by atoms with Gasteiger partial charge in [-0.15, -0.1) is 0 Å². The van der Waals surface area contributed by atoms with Gasteiger partial charge in [0, 0.05) is 0 Å². The molecule has 1 N–H and O–H groups in total. The highest BCUT2D eigenvalue weighted by Crippen LogP contribution is 2.44. The summed E-state index contributed by atoms with van der Waals surface area (Å²) in [5.74, 6) is -0.435. The summed E-state index contributed by atoms with van der Waals surface area (Å²) in [7, 11) is 0. The van der Waals surface area contributed by atoms with Gasteiger partial charge in [-0.2, -0.15) is 0 Å². The summed E-state index contributed by atoms with van der Waals surface area (Å²) in [6.07, 6.45) is 2.08. The zero-order valence-corrected chi connectivity index (χ0v) is 10.3. The summed E-state index contributed by atoms with van der Waals surface area (Å²) < 4.78 is 13.8. The molecule has 0 radical (unpaired) electrons. The van der Waals surface area contributed by atoms with Gasteiger partial charge in [-0.3, -0.25) is 4.79 Å². The fraction of sp³-hybridized carbons (Fsp3) is 0.500. The number of halogens is 1. The number of carbonyl (C=O) groups excluding carboxylic acids is 1. The van der Waals surface area contributed by atoms with Gasteiger partial charge >= 0.3 is 0 Å². The Kier molecular flexibility index (Phi) is 2.45. The van der Waals surface area contributed by atoms with Crippen LogP contribution >= 0.6 is 0 Å². The molecule has 4 heteroatoms. The van der Waals surface area contributed by atoms with E-state index in [4.69, 9.17) is 0 Å². The van der Waals surface area contributed by atoms with Crippen molar-refractivity contribution in [2.24, 2.45) is 5.92 Å². The lowest BCUT2D eigenvalue weighted by Crippen LogP contribution is -2.64. The normalized spacial score (nSPS) is 21.6. The predicted molar refractivity (Wildman–Crippen MR) is 64.7 cm³/mol. The Labute approximate surface area is 105 Å². The number of hydrogen-bond acceptors (Lipinski definition) is 2. The highest BCUT2D eigenvalue weighted by atomic mass is 19.1. The van der Waals surface area contributed by atoms with Crippen LogP contribution in [0.4, 0.5) is 4.39 Å². The van der Waals surface area contributed by atoms with Crippen molar-refractivity contribution >= 4 is 5.91 Å². The van der Waals surface area contributed by atoms with Crippen LogP contribution < -0.4 is 0 Å². The zero-order chi connectivity index (χ0) is 12.9. The van der Waals surface area contributed by atoms with Crippen LogP contribution in [0.2, 0.25) is 0 Å². The van der Waals surface area contributed by atoms with E-state index in [1.54, 1.807) is 19.1 Å². The molecule has 96 valence electrons. The lowest BCUT2D eigenvalue weighted by molar-refractivity contribution is -0.0959. The third-order valence-electron chi connectivity index (χ3n) is 3.98. The van der Waals surface area contributed by atoms with Crippen molar-refractivity contribution in [1.29, 1.82) is 0 Å². The molecule has 1 aliphatic carbocycles. The average molecular weight is 249 g/mol. The van der Waals surface area contributed by atoms with Crippen LogP contribution in [0.15, 0.2) is 18.2 Å². The Morgan fingerprint density at radius 3 is 2.72 bits per heavy atom. The summed E-state index contributed by atoms with van der Waals surface area (Å²) in [6.45, 7) is 2.32. The van der Waals surface area contributed by atoms with Crippen molar-refractivity contribution in [3.05, 3.63) is 35.1 Å². The maximum atomic E-state index is 13.8. The molecule has 0 spiro atoms. The fourth-order valence-electron chi connectivity index (χ4n) is 2.62. The molecule has 1 aromatic carbocycles. The van der Waals surface area contributed by atoms with Gasteiger partial charge in [0.25, 0.3) is 5.91 Å². The van der Waals surface area contributed by atoms with Crippen LogP contribution in [0.5, 0.6) is 0 Å². The minimum absolute atomic E-state index is 0.104. The first-order valence-electron chi connectivity index (χ1n) is 6.28. The number of aryl methyl sites for hydroxylation is 1. The van der Waals surface area contributed by atoms with Crippen LogP contribution in [0.1, 0.15) is 28.8 Å². The first kappa shape index (κ1) is 11.7. The van der Waals surface area contributed by atoms with Gasteiger partial charge in [0.05, 0.1) is 18.7 Å². The van der Waals surface area contributed by atoms with E-state index in [1.165, 1.54) is 11.0 Å². The largest absolute Gasteiger partial charge is 0.386 e. The molecule has 3 rings (SSSR count). The second-order valence-corrected chi connectivity index (χ2v) is 5.48. The van der Waals surface area contributed by atoms with Gasteiger partial charge in [0.15, 0.2) is 0 Å². The van der Waals surface area contributed by atoms with Crippen LogP contribution in [-0.2, 0) is 0 Å². The minimum atomic E-state index is -0.712. The number of carbonyl (C=O) groups is 1. The molecule has 1 saturated heterocycles. The lowest BCUT2D eigenvalue weighted by atomic mass is 9.88. The molecule has 1 aliphatic heterocycles. The molecule has 2 fully saturated rings. The van der Waals surface area contributed by atoms with Gasteiger partial charge in [0.2, 0.25) is 0 Å². The maximum Gasteiger partial charge on any atom is 0.257 e. The van der Waals surface area contributed by atoms with Gasteiger partial charge in [-0.25, -0.2) is 4.39 Å². The first-order valence-corrected chi connectivity index (χ1v) is 6.28. The van der Waals surface area contributed by atoms with E-state index in [-0.39, 0.29) is 11.5 Å². The van der Waals surface area contributed by atoms with Gasteiger partial charge in [-0.05, 0) is 37.3 Å². The van der Waals surface area contributed by atoms with Crippen molar-refractivity contribution in [3.63, 3.8) is 0 Å². The topological polar surface area (TPSA) is 40.5 Å².